The van der Waals surface area contributed by atoms with Crippen LogP contribution in [0.1, 0.15) is 15.9 Å². The van der Waals surface area contributed by atoms with Crippen molar-refractivity contribution in [1.29, 1.82) is 0 Å². The number of hydrogen-bond donors (Lipinski definition) is 0. The Morgan fingerprint density at radius 3 is 2.64 bits per heavy atom. The van der Waals surface area contributed by atoms with Crippen LogP contribution in [0.5, 0.6) is 0 Å². The van der Waals surface area contributed by atoms with E-state index in [0.29, 0.717) is 5.56 Å². The lowest BCUT2D eigenvalue weighted by molar-refractivity contribution is 0.112. The van der Waals surface area contributed by atoms with Gasteiger partial charge >= 0.3 is 0 Å². The summed E-state index contributed by atoms with van der Waals surface area (Å²) in [6.45, 7) is 3.60. The van der Waals surface area contributed by atoms with Crippen LogP contribution in [-0.2, 0) is 0 Å². The average Bonchev–Trinajstić information content (AvgIpc) is 2.04. The molecule has 56 valence electrons. The van der Waals surface area contributed by atoms with Gasteiger partial charge in [-0.1, -0.05) is 28.6 Å². The molecule has 0 spiro atoms. The van der Waals surface area contributed by atoms with Crippen molar-refractivity contribution < 1.29 is 4.79 Å². The van der Waals surface area contributed by atoms with Gasteiger partial charge in [-0.3, -0.25) is 4.79 Å². The molecule has 0 fully saturated rings. The maximum Gasteiger partial charge on any atom is 0.150 e. The van der Waals surface area contributed by atoms with Gasteiger partial charge in [0.2, 0.25) is 0 Å². The van der Waals surface area contributed by atoms with Crippen LogP contribution in [0.2, 0.25) is 0 Å². The highest BCUT2D eigenvalue weighted by atomic mass is 79.9. The van der Waals surface area contributed by atoms with E-state index < -0.39 is 0 Å². The Hall–Kier alpha value is -0.890. The summed E-state index contributed by atoms with van der Waals surface area (Å²) in [6.07, 6.45) is 2.48. The molecule has 1 aromatic rings. The maximum atomic E-state index is 10.4. The summed E-state index contributed by atoms with van der Waals surface area (Å²) in [5.41, 5.74) is 1.53. The Morgan fingerprint density at radius 2 is 2.09 bits per heavy atom. The maximum absolute atomic E-state index is 10.4. The van der Waals surface area contributed by atoms with E-state index in [4.69, 9.17) is 0 Å². The molecule has 0 aliphatic rings. The largest absolute Gasteiger partial charge is 0.298 e. The Bertz CT molecular complexity index is 292. The van der Waals surface area contributed by atoms with E-state index in [1.54, 1.807) is 12.1 Å². The molecule has 0 atom stereocenters. The molecule has 0 unspecified atom stereocenters. The number of benzene rings is 1. The third-order valence-corrected chi connectivity index (χ3v) is 1.89. The van der Waals surface area contributed by atoms with Crippen molar-refractivity contribution in [2.45, 2.75) is 0 Å². The van der Waals surface area contributed by atoms with Crippen molar-refractivity contribution in [3.8, 4) is 0 Å². The number of carbonyl (C=O) groups excluding carboxylic acids is 1. The highest BCUT2D eigenvalue weighted by Gasteiger charge is 1.96. The van der Waals surface area contributed by atoms with E-state index in [0.717, 1.165) is 16.3 Å². The number of carbonyl (C=O) groups is 1. The van der Waals surface area contributed by atoms with Crippen molar-refractivity contribution in [2.24, 2.45) is 0 Å². The van der Waals surface area contributed by atoms with Gasteiger partial charge in [0.25, 0.3) is 0 Å². The topological polar surface area (TPSA) is 17.1 Å². The average molecular weight is 211 g/mol. The molecule has 0 aromatic heterocycles. The van der Waals surface area contributed by atoms with Gasteiger partial charge in [0, 0.05) is 10.0 Å². The van der Waals surface area contributed by atoms with Crippen LogP contribution < -0.4 is 0 Å². The first-order valence-electron chi connectivity index (χ1n) is 3.15. The zero-order valence-electron chi connectivity index (χ0n) is 5.88. The molecule has 0 radical (unpaired) electrons. The van der Waals surface area contributed by atoms with Crippen LogP contribution in [0.4, 0.5) is 0 Å². The Labute approximate surface area is 73.9 Å². The molecule has 1 nitrogen and oxygen atoms in total. The molecule has 0 N–H and O–H groups in total. The lowest BCUT2D eigenvalue weighted by Crippen LogP contribution is -1.84. The Morgan fingerprint density at radius 1 is 1.36 bits per heavy atom. The van der Waals surface area contributed by atoms with E-state index >= 15 is 0 Å². The van der Waals surface area contributed by atoms with Gasteiger partial charge in [-0.15, -0.1) is 0 Å². The summed E-state index contributed by atoms with van der Waals surface area (Å²) in [7, 11) is 0. The second-order valence-electron chi connectivity index (χ2n) is 2.10. The zero-order valence-corrected chi connectivity index (χ0v) is 7.47. The van der Waals surface area contributed by atoms with Crippen LogP contribution in [0.15, 0.2) is 29.3 Å². The van der Waals surface area contributed by atoms with Crippen molar-refractivity contribution in [3.05, 3.63) is 40.4 Å². The van der Waals surface area contributed by atoms with Crippen LogP contribution in [-0.4, -0.2) is 6.29 Å². The van der Waals surface area contributed by atoms with E-state index in [1.807, 2.05) is 12.1 Å². The number of hydrogen-bond acceptors (Lipinski definition) is 1. The molecule has 0 heterocycles. The summed E-state index contributed by atoms with van der Waals surface area (Å²) in [4.78, 5) is 10.4. The molecule has 1 aromatic carbocycles. The Kier molecular flexibility index (Phi) is 2.60. The Balaban J connectivity index is 3.26. The number of halogens is 1. The van der Waals surface area contributed by atoms with Gasteiger partial charge in [0.05, 0.1) is 0 Å². The standard InChI is InChI=1S/C9H7BrO/c1-2-7-5-9(10)4-3-8(7)6-11/h2-6H,1H2. The fourth-order valence-corrected chi connectivity index (χ4v) is 1.21. The summed E-state index contributed by atoms with van der Waals surface area (Å²) in [5, 5.41) is 0. The fraction of sp³-hybridized carbons (Fsp3) is 0. The van der Waals surface area contributed by atoms with E-state index in [1.165, 1.54) is 0 Å². The molecule has 0 saturated carbocycles. The van der Waals surface area contributed by atoms with Gasteiger partial charge in [0.15, 0.2) is 6.29 Å². The van der Waals surface area contributed by atoms with Gasteiger partial charge < -0.3 is 0 Å². The normalized spacial score (nSPS) is 9.18. The highest BCUT2D eigenvalue weighted by molar-refractivity contribution is 9.10. The summed E-state index contributed by atoms with van der Waals surface area (Å²) in [6, 6.07) is 5.45. The second-order valence-corrected chi connectivity index (χ2v) is 3.01. The smallest absolute Gasteiger partial charge is 0.150 e. The molecule has 11 heavy (non-hydrogen) atoms. The first kappa shape index (κ1) is 8.21. The molecule has 0 amide bonds. The molecule has 0 aliphatic heterocycles. The lowest BCUT2D eigenvalue weighted by atomic mass is 10.1. The zero-order chi connectivity index (χ0) is 8.27. The van der Waals surface area contributed by atoms with Crippen LogP contribution in [0, 0.1) is 0 Å². The predicted octanol–water partition coefficient (Wildman–Crippen LogP) is 2.90. The van der Waals surface area contributed by atoms with Crippen molar-refractivity contribution >= 4 is 28.3 Å². The van der Waals surface area contributed by atoms with Gasteiger partial charge in [0.1, 0.15) is 0 Å². The molecule has 0 saturated heterocycles. The molecule has 0 bridgehead atoms. The van der Waals surface area contributed by atoms with Crippen molar-refractivity contribution in [1.82, 2.24) is 0 Å². The van der Waals surface area contributed by atoms with Crippen molar-refractivity contribution in [2.75, 3.05) is 0 Å². The lowest BCUT2D eigenvalue weighted by Gasteiger charge is -1.97. The second kappa shape index (κ2) is 3.49. The quantitative estimate of drug-likeness (QED) is 0.687. The first-order valence-corrected chi connectivity index (χ1v) is 3.94. The highest BCUT2D eigenvalue weighted by Crippen LogP contribution is 2.15. The molecule has 0 aliphatic carbocycles. The summed E-state index contributed by atoms with van der Waals surface area (Å²) in [5.74, 6) is 0. The minimum atomic E-state index is 0.670. The fourth-order valence-electron chi connectivity index (χ4n) is 0.830. The summed E-state index contributed by atoms with van der Waals surface area (Å²) < 4.78 is 0.956. The number of aldehydes is 1. The predicted molar refractivity (Wildman–Crippen MR) is 49.6 cm³/mol. The van der Waals surface area contributed by atoms with Crippen LogP contribution in [0.25, 0.3) is 6.08 Å². The van der Waals surface area contributed by atoms with E-state index in [2.05, 4.69) is 22.5 Å². The van der Waals surface area contributed by atoms with Gasteiger partial charge in [-0.2, -0.15) is 0 Å². The van der Waals surface area contributed by atoms with Gasteiger partial charge in [-0.05, 0) is 23.8 Å². The van der Waals surface area contributed by atoms with E-state index in [9.17, 15) is 4.79 Å². The van der Waals surface area contributed by atoms with Crippen molar-refractivity contribution in [3.63, 3.8) is 0 Å². The van der Waals surface area contributed by atoms with Crippen LogP contribution in [0.3, 0.4) is 0 Å². The number of rotatable bonds is 2. The van der Waals surface area contributed by atoms with E-state index in [-0.39, 0.29) is 0 Å². The minimum absolute atomic E-state index is 0.670. The third kappa shape index (κ3) is 1.77. The molecule has 1 rings (SSSR count). The first-order chi connectivity index (χ1) is 5.27. The van der Waals surface area contributed by atoms with Crippen LogP contribution >= 0.6 is 15.9 Å². The summed E-state index contributed by atoms with van der Waals surface area (Å²) >= 11 is 3.30. The monoisotopic (exact) mass is 210 g/mol. The SMILES string of the molecule is C=Cc1cc(Br)ccc1C=O. The molecular weight excluding hydrogens is 204 g/mol. The molecular formula is C9H7BrO. The molecule has 2 heteroatoms. The van der Waals surface area contributed by atoms with Gasteiger partial charge in [-0.25, -0.2) is 0 Å². The minimum Gasteiger partial charge on any atom is -0.298 e. The third-order valence-electron chi connectivity index (χ3n) is 1.40.